The molecule has 33 heavy (non-hydrogen) atoms. The smallest absolute Gasteiger partial charge is 0.336 e. The summed E-state index contributed by atoms with van der Waals surface area (Å²) in [4.78, 5) is 47.8. The molecule has 7 nitrogen and oxygen atoms in total. The average molecular weight is 502 g/mol. The number of hydrogen-bond acceptors (Lipinski definition) is 7. The van der Waals surface area contributed by atoms with Crippen molar-refractivity contribution in [2.45, 2.75) is 102 Å². The Morgan fingerprint density at radius 3 is 2.36 bits per heavy atom. The fourth-order valence-corrected chi connectivity index (χ4v) is 7.15. The Bertz CT molecular complexity index is 665. The van der Waals surface area contributed by atoms with Gasteiger partial charge in [-0.1, -0.05) is 48.3 Å². The van der Waals surface area contributed by atoms with Gasteiger partial charge in [0.2, 0.25) is 5.91 Å². The number of aliphatic carboxylic acids is 1. The van der Waals surface area contributed by atoms with E-state index in [-0.39, 0.29) is 24.0 Å². The molecule has 0 aliphatic carbocycles. The first-order valence-electron chi connectivity index (χ1n) is 12.3. The van der Waals surface area contributed by atoms with E-state index in [1.54, 1.807) is 0 Å². The van der Waals surface area contributed by atoms with Gasteiger partial charge >= 0.3 is 5.97 Å². The minimum absolute atomic E-state index is 0.00519. The number of carboxylic acid groups (broad SMARTS) is 1. The number of amides is 1. The molecule has 0 bridgehead atoms. The van der Waals surface area contributed by atoms with Crippen molar-refractivity contribution in [3.05, 3.63) is 0 Å². The molecule has 2 saturated heterocycles. The summed E-state index contributed by atoms with van der Waals surface area (Å²) in [6.45, 7) is 4.50. The lowest BCUT2D eigenvalue weighted by Crippen LogP contribution is -2.34. The van der Waals surface area contributed by atoms with Crippen molar-refractivity contribution in [3.63, 3.8) is 0 Å². The summed E-state index contributed by atoms with van der Waals surface area (Å²) in [5.41, 5.74) is 0. The minimum Gasteiger partial charge on any atom is -0.479 e. The molecule has 2 heterocycles. The van der Waals surface area contributed by atoms with Crippen molar-refractivity contribution >= 4 is 45.0 Å². The zero-order valence-corrected chi connectivity index (χ0v) is 21.5. The quantitative estimate of drug-likeness (QED) is 0.161. The molecular formula is C24H39NO6S2. The fraction of sp³-hybridized carbons (Fsp3) is 0.833. The Morgan fingerprint density at radius 2 is 1.76 bits per heavy atom. The normalized spacial score (nSPS) is 22.8. The van der Waals surface area contributed by atoms with E-state index in [9.17, 15) is 19.2 Å². The van der Waals surface area contributed by atoms with E-state index in [4.69, 9.17) is 9.84 Å². The first-order valence-corrected chi connectivity index (χ1v) is 14.6. The number of Topliss-reactive ketones (excluding diaryl/α,β-unsaturated/α-hetero) is 2. The van der Waals surface area contributed by atoms with Gasteiger partial charge in [-0.15, -0.1) is 0 Å². The lowest BCUT2D eigenvalue weighted by Gasteiger charge is -2.18. The molecule has 0 aromatic heterocycles. The van der Waals surface area contributed by atoms with Gasteiger partial charge in [0.15, 0.2) is 18.0 Å². The average Bonchev–Trinajstić information content (AvgIpc) is 3.41. The molecule has 0 spiro atoms. The summed E-state index contributed by atoms with van der Waals surface area (Å²) in [5, 5.41) is 12.6. The van der Waals surface area contributed by atoms with E-state index in [1.165, 1.54) is 18.6 Å². The maximum atomic E-state index is 12.6. The van der Waals surface area contributed by atoms with E-state index >= 15 is 0 Å². The van der Waals surface area contributed by atoms with Crippen LogP contribution in [0.15, 0.2) is 0 Å². The first kappa shape index (κ1) is 28.2. The van der Waals surface area contributed by atoms with Gasteiger partial charge in [0.05, 0.1) is 0 Å². The molecule has 2 rings (SSSR count). The minimum atomic E-state index is -1.14. The van der Waals surface area contributed by atoms with Crippen LogP contribution in [0.1, 0.15) is 84.5 Å². The van der Waals surface area contributed by atoms with Crippen LogP contribution in [0.2, 0.25) is 0 Å². The second-order valence-electron chi connectivity index (χ2n) is 9.53. The van der Waals surface area contributed by atoms with Crippen LogP contribution in [0.4, 0.5) is 0 Å². The zero-order valence-electron chi connectivity index (χ0n) is 19.9. The van der Waals surface area contributed by atoms with Crippen LogP contribution in [-0.4, -0.2) is 58.3 Å². The highest BCUT2D eigenvalue weighted by atomic mass is 33.1. The fourth-order valence-electron chi connectivity index (χ4n) is 4.12. The van der Waals surface area contributed by atoms with Crippen LogP contribution in [0.3, 0.4) is 0 Å². The van der Waals surface area contributed by atoms with Crippen molar-refractivity contribution < 1.29 is 29.0 Å². The van der Waals surface area contributed by atoms with Gasteiger partial charge in [0, 0.05) is 42.7 Å². The summed E-state index contributed by atoms with van der Waals surface area (Å²) in [6.07, 6.45) is 7.06. The van der Waals surface area contributed by atoms with Crippen molar-refractivity contribution in [2.24, 2.45) is 11.8 Å². The number of carboxylic acids is 1. The van der Waals surface area contributed by atoms with Crippen molar-refractivity contribution in [2.75, 3.05) is 12.3 Å². The van der Waals surface area contributed by atoms with E-state index in [2.05, 4.69) is 5.32 Å². The van der Waals surface area contributed by atoms with Gasteiger partial charge in [-0.25, -0.2) is 4.79 Å². The van der Waals surface area contributed by atoms with Crippen LogP contribution in [0.25, 0.3) is 0 Å². The largest absolute Gasteiger partial charge is 0.479 e. The first-order chi connectivity index (χ1) is 15.8. The number of epoxide rings is 1. The maximum Gasteiger partial charge on any atom is 0.336 e. The molecule has 0 aromatic carbocycles. The molecule has 2 fully saturated rings. The number of hydrogen-bond donors (Lipinski definition) is 2. The molecule has 188 valence electrons. The molecular weight excluding hydrogens is 462 g/mol. The highest BCUT2D eigenvalue weighted by Gasteiger charge is 2.50. The summed E-state index contributed by atoms with van der Waals surface area (Å²) in [7, 11) is 3.96. The third-order valence-electron chi connectivity index (χ3n) is 6.02. The predicted molar refractivity (Wildman–Crippen MR) is 132 cm³/mol. The van der Waals surface area contributed by atoms with Gasteiger partial charge in [-0.3, -0.25) is 14.4 Å². The van der Waals surface area contributed by atoms with Crippen LogP contribution >= 0.6 is 21.6 Å². The van der Waals surface area contributed by atoms with Gasteiger partial charge < -0.3 is 15.2 Å². The topological polar surface area (TPSA) is 113 Å². The Kier molecular flexibility index (Phi) is 12.8. The van der Waals surface area contributed by atoms with Gasteiger partial charge in [0.1, 0.15) is 5.78 Å². The standard InChI is InChI=1S/C24H39NO6S2/c1-16(2)14-17(15-20(27)21-22(31-21)24(29)30)23(28)25-12-7-3-4-8-18(26)9-5-6-10-19-11-13-32-33-19/h16-17,19,21-22H,3-15H2,1-2H3,(H,25,28)(H,29,30)/t17-,19?,21-,22+/m1/s1. The lowest BCUT2D eigenvalue weighted by molar-refractivity contribution is -0.138. The molecule has 1 amide bonds. The van der Waals surface area contributed by atoms with E-state index < -0.39 is 24.1 Å². The molecule has 0 radical (unpaired) electrons. The van der Waals surface area contributed by atoms with Crippen LogP contribution in [0, 0.1) is 11.8 Å². The van der Waals surface area contributed by atoms with Crippen LogP contribution in [-0.2, 0) is 23.9 Å². The summed E-state index contributed by atoms with van der Waals surface area (Å²) in [6, 6.07) is 0. The third kappa shape index (κ3) is 11.3. The summed E-state index contributed by atoms with van der Waals surface area (Å²) < 4.78 is 4.91. The SMILES string of the molecule is CC(C)C[C@H](CC(=O)[C@H]1O[C@@H]1C(=O)O)C(=O)NCCCCCC(=O)CCCCC1CCSS1. The van der Waals surface area contributed by atoms with Crippen LogP contribution in [0.5, 0.6) is 0 Å². The molecule has 2 aliphatic heterocycles. The third-order valence-corrected chi connectivity index (χ3v) is 9.02. The second kappa shape index (κ2) is 15.0. The number of unbranched alkanes of at least 4 members (excludes halogenated alkanes) is 3. The highest BCUT2D eigenvalue weighted by Crippen LogP contribution is 2.39. The summed E-state index contributed by atoms with van der Waals surface area (Å²) in [5.74, 6) is -0.260. The lowest BCUT2D eigenvalue weighted by atomic mass is 9.90. The predicted octanol–water partition coefficient (Wildman–Crippen LogP) is 4.42. The van der Waals surface area contributed by atoms with E-state index in [0.717, 1.165) is 37.4 Å². The Hall–Kier alpha value is -1.06. The number of rotatable bonds is 18. The maximum absolute atomic E-state index is 12.6. The molecule has 2 aliphatic rings. The summed E-state index contributed by atoms with van der Waals surface area (Å²) >= 11 is 0. The molecule has 1 unspecified atom stereocenters. The molecule has 0 saturated carbocycles. The Morgan fingerprint density at radius 1 is 1.03 bits per heavy atom. The van der Waals surface area contributed by atoms with Gasteiger partial charge in [-0.2, -0.15) is 0 Å². The van der Waals surface area contributed by atoms with Crippen molar-refractivity contribution in [1.29, 1.82) is 0 Å². The number of carbonyl (C=O) groups is 4. The number of nitrogens with one attached hydrogen (secondary N) is 1. The molecule has 0 aromatic rings. The molecule has 4 atom stereocenters. The van der Waals surface area contributed by atoms with E-state index in [0.29, 0.717) is 31.6 Å². The molecule has 9 heteroatoms. The van der Waals surface area contributed by atoms with Crippen molar-refractivity contribution in [1.82, 2.24) is 5.32 Å². The van der Waals surface area contributed by atoms with Crippen LogP contribution < -0.4 is 5.32 Å². The zero-order chi connectivity index (χ0) is 24.2. The van der Waals surface area contributed by atoms with Gasteiger partial charge in [0.25, 0.3) is 0 Å². The number of ether oxygens (including phenoxy) is 1. The monoisotopic (exact) mass is 501 g/mol. The van der Waals surface area contributed by atoms with Gasteiger partial charge in [-0.05, 0) is 44.4 Å². The second-order valence-corrected chi connectivity index (χ2v) is 12.3. The molecule has 2 N–H and O–H groups in total. The highest BCUT2D eigenvalue weighted by molar-refractivity contribution is 8.77. The number of carbonyl (C=O) groups excluding carboxylic acids is 3. The van der Waals surface area contributed by atoms with E-state index in [1.807, 2.05) is 35.4 Å². The Balaban J connectivity index is 1.53. The van der Waals surface area contributed by atoms with Crippen molar-refractivity contribution in [3.8, 4) is 0 Å². The number of ketones is 2. The Labute approximate surface area is 205 Å².